The van der Waals surface area contributed by atoms with Gasteiger partial charge in [-0.1, -0.05) is 45.3 Å². The lowest BCUT2D eigenvalue weighted by Crippen LogP contribution is -2.22. The quantitative estimate of drug-likeness (QED) is 0.247. The first kappa shape index (κ1) is 19.4. The second kappa shape index (κ2) is 8.85. The molecule has 0 aromatic rings. The fraction of sp³-hybridized carbons (Fsp3) is 0.667. The normalized spacial score (nSPS) is 19.1. The molecule has 23 heavy (non-hydrogen) atoms. The summed E-state index contributed by atoms with van der Waals surface area (Å²) in [4.78, 5) is 12.0. The summed E-state index contributed by atoms with van der Waals surface area (Å²) in [6, 6.07) is 1.92. The first-order valence-corrected chi connectivity index (χ1v) is 8.15. The number of nitrogens with zero attached hydrogens (tertiary/aromatic N) is 1. The first-order valence-electron chi connectivity index (χ1n) is 8.15. The van der Waals surface area contributed by atoms with Crippen molar-refractivity contribution in [3.63, 3.8) is 0 Å². The van der Waals surface area contributed by atoms with Crippen LogP contribution in [-0.4, -0.2) is 29.1 Å². The van der Waals surface area contributed by atoms with Crippen LogP contribution in [0.1, 0.15) is 59.3 Å². The molecule has 0 amide bonds. The molecule has 2 N–H and O–H groups in total. The zero-order valence-corrected chi connectivity index (χ0v) is 14.3. The average molecular weight is 321 g/mol. The molecule has 1 aliphatic carbocycles. The number of rotatable bonds is 7. The standard InChI is InChI=1S/C18H27NO4/c1-4-5-6-7-13-8-14(10-18(2,3)9-13)15(11-19)17(22)23-12-16(20)21/h8,16,20-21H,4-7,9-10,12H2,1-3H3/b15-14+. The zero-order valence-electron chi connectivity index (χ0n) is 14.3. The van der Waals surface area contributed by atoms with Gasteiger partial charge in [-0.2, -0.15) is 5.26 Å². The van der Waals surface area contributed by atoms with Crippen molar-refractivity contribution in [3.8, 4) is 6.07 Å². The summed E-state index contributed by atoms with van der Waals surface area (Å²) in [5.74, 6) is -0.794. The fourth-order valence-electron chi connectivity index (χ4n) is 2.94. The van der Waals surface area contributed by atoms with Crippen LogP contribution in [0, 0.1) is 16.7 Å². The van der Waals surface area contributed by atoms with E-state index in [1.54, 1.807) is 0 Å². The molecule has 0 heterocycles. The van der Waals surface area contributed by atoms with Crippen LogP contribution in [0.15, 0.2) is 22.8 Å². The Morgan fingerprint density at radius 3 is 2.65 bits per heavy atom. The van der Waals surface area contributed by atoms with E-state index in [2.05, 4.69) is 20.8 Å². The van der Waals surface area contributed by atoms with Crippen molar-refractivity contribution in [3.05, 3.63) is 22.8 Å². The van der Waals surface area contributed by atoms with Crippen molar-refractivity contribution in [2.75, 3.05) is 6.61 Å². The molecule has 128 valence electrons. The molecule has 0 saturated heterocycles. The first-order chi connectivity index (χ1) is 10.8. The lowest BCUT2D eigenvalue weighted by molar-refractivity contribution is -0.151. The number of hydrogen-bond acceptors (Lipinski definition) is 5. The Kier molecular flexibility index (Phi) is 7.47. The number of hydrogen-bond donors (Lipinski definition) is 2. The summed E-state index contributed by atoms with van der Waals surface area (Å²) >= 11 is 0. The number of carbonyl (C=O) groups is 1. The van der Waals surface area contributed by atoms with Crippen LogP contribution in [0.5, 0.6) is 0 Å². The van der Waals surface area contributed by atoms with Crippen molar-refractivity contribution >= 4 is 5.97 Å². The lowest BCUT2D eigenvalue weighted by atomic mass is 9.73. The molecule has 0 bridgehead atoms. The molecule has 0 aromatic carbocycles. The van der Waals surface area contributed by atoms with Gasteiger partial charge >= 0.3 is 5.97 Å². The van der Waals surface area contributed by atoms with Crippen LogP contribution in [0.2, 0.25) is 0 Å². The van der Waals surface area contributed by atoms with Crippen molar-refractivity contribution in [1.29, 1.82) is 5.26 Å². The third-order valence-corrected chi connectivity index (χ3v) is 3.85. The molecular weight excluding hydrogens is 294 g/mol. The molecule has 0 spiro atoms. The topological polar surface area (TPSA) is 90.6 Å². The highest BCUT2D eigenvalue weighted by molar-refractivity contribution is 5.94. The van der Waals surface area contributed by atoms with Gasteiger partial charge in [0.15, 0.2) is 6.29 Å². The van der Waals surface area contributed by atoms with E-state index < -0.39 is 18.9 Å². The van der Waals surface area contributed by atoms with Gasteiger partial charge in [-0.25, -0.2) is 4.79 Å². The van der Waals surface area contributed by atoms with E-state index in [1.807, 2.05) is 12.1 Å². The Hall–Kier alpha value is -1.64. The predicted octanol–water partition coefficient (Wildman–Crippen LogP) is 2.99. The maximum Gasteiger partial charge on any atom is 0.349 e. The molecule has 0 fully saturated rings. The van der Waals surface area contributed by atoms with Crippen molar-refractivity contribution in [1.82, 2.24) is 0 Å². The van der Waals surface area contributed by atoms with E-state index in [4.69, 9.17) is 14.9 Å². The van der Waals surface area contributed by atoms with Gasteiger partial charge in [-0.15, -0.1) is 0 Å². The second-order valence-electron chi connectivity index (χ2n) is 6.87. The maximum absolute atomic E-state index is 12.0. The van der Waals surface area contributed by atoms with Gasteiger partial charge in [0, 0.05) is 0 Å². The van der Waals surface area contributed by atoms with E-state index >= 15 is 0 Å². The monoisotopic (exact) mass is 321 g/mol. The summed E-state index contributed by atoms with van der Waals surface area (Å²) in [6.07, 6.45) is 6.21. The van der Waals surface area contributed by atoms with Crippen LogP contribution in [0.25, 0.3) is 0 Å². The number of esters is 1. The SMILES string of the molecule is CCCCCC1=C/C(=C(/C#N)C(=O)OCC(O)O)CC(C)(C)C1. The second-order valence-corrected chi connectivity index (χ2v) is 6.87. The Bertz CT molecular complexity index is 524. The summed E-state index contributed by atoms with van der Waals surface area (Å²) in [5.41, 5.74) is 1.90. The molecular formula is C18H27NO4. The minimum Gasteiger partial charge on any atom is -0.456 e. The predicted molar refractivity (Wildman–Crippen MR) is 87.1 cm³/mol. The van der Waals surface area contributed by atoms with E-state index in [0.29, 0.717) is 12.0 Å². The summed E-state index contributed by atoms with van der Waals surface area (Å²) in [5, 5.41) is 26.9. The van der Waals surface area contributed by atoms with Crippen molar-refractivity contribution in [2.24, 2.45) is 5.41 Å². The Morgan fingerprint density at radius 1 is 1.39 bits per heavy atom. The number of aliphatic hydroxyl groups excluding tert-OH is 1. The lowest BCUT2D eigenvalue weighted by Gasteiger charge is -2.32. The fourth-order valence-corrected chi connectivity index (χ4v) is 2.94. The highest BCUT2D eigenvalue weighted by Gasteiger charge is 2.29. The smallest absolute Gasteiger partial charge is 0.349 e. The third kappa shape index (κ3) is 6.55. The van der Waals surface area contributed by atoms with Crippen LogP contribution in [0.4, 0.5) is 0 Å². The molecule has 0 saturated carbocycles. The van der Waals surface area contributed by atoms with Gasteiger partial charge in [0.25, 0.3) is 0 Å². The average Bonchev–Trinajstić information content (AvgIpc) is 2.44. The summed E-state index contributed by atoms with van der Waals surface area (Å²) < 4.78 is 4.76. The Balaban J connectivity index is 3.00. The number of carbonyl (C=O) groups excluding carboxylic acids is 1. The number of aliphatic hydroxyl groups is 2. The van der Waals surface area contributed by atoms with E-state index in [-0.39, 0.29) is 11.0 Å². The van der Waals surface area contributed by atoms with Crippen molar-refractivity contribution in [2.45, 2.75) is 65.6 Å². The van der Waals surface area contributed by atoms with Crippen LogP contribution >= 0.6 is 0 Å². The number of ether oxygens (including phenoxy) is 1. The molecule has 0 aromatic heterocycles. The van der Waals surface area contributed by atoms with Gasteiger partial charge in [-0.3, -0.25) is 0 Å². The number of unbranched alkanes of at least 4 members (excludes halogenated alkanes) is 2. The van der Waals surface area contributed by atoms with Gasteiger partial charge in [-0.05, 0) is 36.7 Å². The molecule has 5 heteroatoms. The van der Waals surface area contributed by atoms with Gasteiger partial charge in [0.05, 0.1) is 0 Å². The highest BCUT2D eigenvalue weighted by Crippen LogP contribution is 2.40. The highest BCUT2D eigenvalue weighted by atomic mass is 16.6. The zero-order chi connectivity index (χ0) is 17.5. The van der Waals surface area contributed by atoms with Crippen LogP contribution in [0.3, 0.4) is 0 Å². The summed E-state index contributed by atoms with van der Waals surface area (Å²) in [6.45, 7) is 5.87. The van der Waals surface area contributed by atoms with Gasteiger partial charge in [0.1, 0.15) is 18.2 Å². The van der Waals surface area contributed by atoms with E-state index in [1.165, 1.54) is 12.0 Å². The Labute approximate surface area is 138 Å². The van der Waals surface area contributed by atoms with Crippen LogP contribution < -0.4 is 0 Å². The Morgan fingerprint density at radius 2 is 2.09 bits per heavy atom. The minimum absolute atomic E-state index is 0.00942. The van der Waals surface area contributed by atoms with E-state index in [0.717, 1.165) is 25.7 Å². The molecule has 1 aliphatic rings. The molecule has 0 radical (unpaired) electrons. The number of allylic oxidation sites excluding steroid dienone is 3. The summed E-state index contributed by atoms with van der Waals surface area (Å²) in [7, 11) is 0. The molecule has 1 rings (SSSR count). The van der Waals surface area contributed by atoms with Crippen molar-refractivity contribution < 1.29 is 19.7 Å². The maximum atomic E-state index is 12.0. The molecule has 0 aliphatic heterocycles. The van der Waals surface area contributed by atoms with Gasteiger partial charge < -0.3 is 14.9 Å². The molecule has 5 nitrogen and oxygen atoms in total. The van der Waals surface area contributed by atoms with Gasteiger partial charge in [0.2, 0.25) is 0 Å². The molecule has 0 atom stereocenters. The molecule has 0 unspecified atom stereocenters. The minimum atomic E-state index is -1.73. The number of nitriles is 1. The van der Waals surface area contributed by atoms with Crippen LogP contribution in [-0.2, 0) is 9.53 Å². The van der Waals surface area contributed by atoms with E-state index in [9.17, 15) is 10.1 Å². The largest absolute Gasteiger partial charge is 0.456 e. The third-order valence-electron chi connectivity index (χ3n) is 3.85.